The third kappa shape index (κ3) is 5.52. The summed E-state index contributed by atoms with van der Waals surface area (Å²) in [5, 5.41) is 16.9. The zero-order valence-electron chi connectivity index (χ0n) is 19.4. The van der Waals surface area contributed by atoms with Crippen molar-refractivity contribution in [1.29, 1.82) is 0 Å². The summed E-state index contributed by atoms with van der Waals surface area (Å²) in [4.78, 5) is 40.5. The highest BCUT2D eigenvalue weighted by atomic mass is 19.1. The molecule has 182 valence electrons. The summed E-state index contributed by atoms with van der Waals surface area (Å²) in [6.07, 6.45) is 1.13. The zero-order valence-corrected chi connectivity index (χ0v) is 19.4. The van der Waals surface area contributed by atoms with Crippen molar-refractivity contribution in [2.75, 3.05) is 31.6 Å². The van der Waals surface area contributed by atoms with Crippen molar-refractivity contribution < 1.29 is 28.6 Å². The number of carbonyl (C=O) groups is 3. The maximum atomic E-state index is 13.7. The van der Waals surface area contributed by atoms with Crippen LogP contribution in [0.15, 0.2) is 18.2 Å². The predicted molar refractivity (Wildman–Crippen MR) is 126 cm³/mol. The Morgan fingerprint density at radius 1 is 1.24 bits per heavy atom. The van der Waals surface area contributed by atoms with Gasteiger partial charge in [-0.2, -0.15) is 0 Å². The van der Waals surface area contributed by atoms with E-state index in [0.717, 1.165) is 0 Å². The molecule has 3 amide bonds. The van der Waals surface area contributed by atoms with Crippen LogP contribution in [-0.2, 0) is 14.3 Å². The first kappa shape index (κ1) is 25.1. The normalized spacial score (nSPS) is 14.6. The molecule has 0 aliphatic carbocycles. The summed E-state index contributed by atoms with van der Waals surface area (Å²) in [5.74, 6) is -1.47. The standard InChI is InChI=1S/C24H29FN4O5/c1-4-34-20(23(32)27-9-10-30)7-8-26-24(33)21-13(2)19(28-14(21)3)12-17-16-11-15(25)5-6-18(16)29-22(17)31/h5-6,11-12,20,28,30H,4,7-10H2,1-3H3,(H,26,33)(H,27,32)(H,29,31)/b17-12-. The van der Waals surface area contributed by atoms with Gasteiger partial charge in [-0.25, -0.2) is 4.39 Å². The van der Waals surface area contributed by atoms with Gasteiger partial charge in [0.2, 0.25) is 5.91 Å². The molecule has 0 bridgehead atoms. The largest absolute Gasteiger partial charge is 0.395 e. The number of aryl methyl sites for hydroxylation is 1. The van der Waals surface area contributed by atoms with Crippen LogP contribution in [-0.4, -0.2) is 60.2 Å². The number of ether oxygens (including phenoxy) is 1. The molecule has 0 radical (unpaired) electrons. The van der Waals surface area contributed by atoms with E-state index in [1.807, 2.05) is 0 Å². The fourth-order valence-corrected chi connectivity index (χ4v) is 3.90. The number of aliphatic hydroxyl groups excluding tert-OH is 1. The molecule has 1 aliphatic heterocycles. The number of fused-ring (bicyclic) bond motifs is 1. The number of amides is 3. The third-order valence-corrected chi connectivity index (χ3v) is 5.52. The van der Waals surface area contributed by atoms with Crippen LogP contribution >= 0.6 is 0 Å². The molecule has 0 fully saturated rings. The van der Waals surface area contributed by atoms with Gasteiger partial charge >= 0.3 is 0 Å². The molecule has 1 aliphatic rings. The van der Waals surface area contributed by atoms with Gasteiger partial charge in [-0.15, -0.1) is 0 Å². The van der Waals surface area contributed by atoms with Crippen molar-refractivity contribution in [2.24, 2.45) is 0 Å². The Bertz CT molecular complexity index is 1120. The number of benzene rings is 1. The number of anilines is 1. The van der Waals surface area contributed by atoms with E-state index in [2.05, 4.69) is 20.9 Å². The lowest BCUT2D eigenvalue weighted by Gasteiger charge is -2.17. The average molecular weight is 473 g/mol. The molecule has 1 aromatic heterocycles. The molecule has 1 aromatic carbocycles. The highest BCUT2D eigenvalue weighted by Gasteiger charge is 2.26. The number of nitrogens with one attached hydrogen (secondary N) is 4. The molecule has 2 aromatic rings. The molecule has 1 atom stereocenters. The van der Waals surface area contributed by atoms with Crippen molar-refractivity contribution >= 4 is 35.1 Å². The van der Waals surface area contributed by atoms with Crippen molar-refractivity contribution in [3.05, 3.63) is 52.1 Å². The fourth-order valence-electron chi connectivity index (χ4n) is 3.90. The first-order valence-corrected chi connectivity index (χ1v) is 11.1. The van der Waals surface area contributed by atoms with Crippen LogP contribution in [0, 0.1) is 19.7 Å². The van der Waals surface area contributed by atoms with Gasteiger partial charge in [-0.3, -0.25) is 14.4 Å². The van der Waals surface area contributed by atoms with E-state index in [4.69, 9.17) is 9.84 Å². The summed E-state index contributed by atoms with van der Waals surface area (Å²) in [6, 6.07) is 4.08. The Balaban J connectivity index is 1.73. The second-order valence-corrected chi connectivity index (χ2v) is 7.87. The van der Waals surface area contributed by atoms with E-state index in [9.17, 15) is 18.8 Å². The minimum atomic E-state index is -0.744. The Kier molecular flexibility index (Phi) is 8.19. The average Bonchev–Trinajstić information content (AvgIpc) is 3.26. The maximum Gasteiger partial charge on any atom is 0.256 e. The van der Waals surface area contributed by atoms with Crippen LogP contribution < -0.4 is 16.0 Å². The number of hydrogen-bond donors (Lipinski definition) is 5. The number of carbonyl (C=O) groups excluding carboxylic acids is 3. The molecule has 5 N–H and O–H groups in total. The maximum absolute atomic E-state index is 13.7. The molecule has 1 unspecified atom stereocenters. The van der Waals surface area contributed by atoms with Crippen LogP contribution in [0.25, 0.3) is 11.6 Å². The van der Waals surface area contributed by atoms with Crippen LogP contribution in [0.1, 0.15) is 46.2 Å². The van der Waals surface area contributed by atoms with E-state index in [1.165, 1.54) is 18.2 Å². The van der Waals surface area contributed by atoms with E-state index in [1.54, 1.807) is 26.8 Å². The zero-order chi connectivity index (χ0) is 24.8. The highest BCUT2D eigenvalue weighted by molar-refractivity contribution is 6.34. The third-order valence-electron chi connectivity index (χ3n) is 5.52. The van der Waals surface area contributed by atoms with Crippen molar-refractivity contribution in [3.63, 3.8) is 0 Å². The lowest BCUT2D eigenvalue weighted by Crippen LogP contribution is -2.40. The Hall–Kier alpha value is -3.50. The molecule has 0 saturated heterocycles. The quantitative estimate of drug-likeness (QED) is 0.337. The molecular formula is C24H29FN4O5. The Morgan fingerprint density at radius 2 is 2.00 bits per heavy atom. The number of aromatic amines is 1. The van der Waals surface area contributed by atoms with Crippen molar-refractivity contribution in [1.82, 2.24) is 15.6 Å². The molecular weight excluding hydrogens is 443 g/mol. The van der Waals surface area contributed by atoms with Crippen molar-refractivity contribution in [3.8, 4) is 0 Å². The Labute approximate surface area is 196 Å². The summed E-state index contributed by atoms with van der Waals surface area (Å²) in [7, 11) is 0. The number of rotatable bonds is 10. The predicted octanol–water partition coefficient (Wildman–Crippen LogP) is 1.90. The van der Waals surface area contributed by atoms with Gasteiger partial charge in [0.15, 0.2) is 0 Å². The number of aromatic nitrogens is 1. The van der Waals surface area contributed by atoms with Crippen LogP contribution in [0.5, 0.6) is 0 Å². The van der Waals surface area contributed by atoms with Gasteiger partial charge < -0.3 is 30.8 Å². The van der Waals surface area contributed by atoms with Crippen LogP contribution in [0.2, 0.25) is 0 Å². The minimum absolute atomic E-state index is 0.129. The first-order valence-electron chi connectivity index (χ1n) is 11.1. The lowest BCUT2D eigenvalue weighted by molar-refractivity contribution is -0.133. The van der Waals surface area contributed by atoms with E-state index in [0.29, 0.717) is 45.9 Å². The second-order valence-electron chi connectivity index (χ2n) is 7.87. The van der Waals surface area contributed by atoms with Gasteiger partial charge in [0.25, 0.3) is 11.8 Å². The Morgan fingerprint density at radius 3 is 2.71 bits per heavy atom. The second kappa shape index (κ2) is 11.1. The molecule has 0 spiro atoms. The summed E-state index contributed by atoms with van der Waals surface area (Å²) in [6.45, 7) is 5.77. The molecule has 10 heteroatoms. The van der Waals surface area contributed by atoms with Crippen LogP contribution in [0.3, 0.4) is 0 Å². The molecule has 0 saturated carbocycles. The fraction of sp³-hybridized carbons (Fsp3) is 0.375. The SMILES string of the molecule is CCOC(CCNC(=O)c1c(C)[nH]c(/C=C2\C(=O)Nc3ccc(F)cc32)c1C)C(=O)NCCO. The molecule has 3 rings (SSSR count). The van der Waals surface area contributed by atoms with Gasteiger partial charge in [-0.05, 0) is 57.0 Å². The van der Waals surface area contributed by atoms with Crippen LogP contribution in [0.4, 0.5) is 10.1 Å². The summed E-state index contributed by atoms with van der Waals surface area (Å²) >= 11 is 0. The van der Waals surface area contributed by atoms with Crippen molar-refractivity contribution in [2.45, 2.75) is 33.3 Å². The summed E-state index contributed by atoms with van der Waals surface area (Å²) in [5.41, 5.74) is 3.55. The molecule has 9 nitrogen and oxygen atoms in total. The van der Waals surface area contributed by atoms with E-state index < -0.39 is 11.9 Å². The highest BCUT2D eigenvalue weighted by Crippen LogP contribution is 2.34. The van der Waals surface area contributed by atoms with Gasteiger partial charge in [-0.1, -0.05) is 0 Å². The lowest BCUT2D eigenvalue weighted by atomic mass is 10.0. The van der Waals surface area contributed by atoms with Gasteiger partial charge in [0, 0.05) is 42.3 Å². The first-order chi connectivity index (χ1) is 16.3. The van der Waals surface area contributed by atoms with E-state index >= 15 is 0 Å². The number of aliphatic hydroxyl groups is 1. The number of H-pyrrole nitrogens is 1. The smallest absolute Gasteiger partial charge is 0.256 e. The topological polar surface area (TPSA) is 133 Å². The molecule has 2 heterocycles. The van der Waals surface area contributed by atoms with Gasteiger partial charge in [0.1, 0.15) is 11.9 Å². The minimum Gasteiger partial charge on any atom is -0.395 e. The van der Waals surface area contributed by atoms with Gasteiger partial charge in [0.05, 0.1) is 17.7 Å². The van der Waals surface area contributed by atoms with E-state index in [-0.39, 0.29) is 43.8 Å². The monoisotopic (exact) mass is 472 g/mol. The molecule has 34 heavy (non-hydrogen) atoms. The number of hydrogen-bond acceptors (Lipinski definition) is 5. The number of halogens is 1. The summed E-state index contributed by atoms with van der Waals surface area (Å²) < 4.78 is 19.2.